The highest BCUT2D eigenvalue weighted by Gasteiger charge is 2.33. The average molecular weight is 388 g/mol. The number of aliphatic hydroxyl groups excluding tert-OH is 1. The van der Waals surface area contributed by atoms with Crippen LogP contribution in [0.15, 0.2) is 54.6 Å². The minimum atomic E-state index is -0.305. The lowest BCUT2D eigenvalue weighted by Gasteiger charge is -2.36. The number of nitrogens with one attached hydrogen (secondary N) is 1. The van der Waals surface area contributed by atoms with Crippen molar-refractivity contribution in [2.24, 2.45) is 5.41 Å². The van der Waals surface area contributed by atoms with Crippen LogP contribution >= 0.6 is 11.6 Å². The van der Waals surface area contributed by atoms with Gasteiger partial charge in [-0.25, -0.2) is 0 Å². The van der Waals surface area contributed by atoms with E-state index in [2.05, 4.69) is 5.32 Å². The van der Waals surface area contributed by atoms with Gasteiger partial charge < -0.3 is 15.2 Å². The maximum absolute atomic E-state index is 13.1. The standard InChI is InChI=1S/C22H26ClNO3/c23-19-8-6-18(7-9-19)20(14-17-4-2-1-3-5-17)21(26)24-15-22(16-25)10-12-27-13-11-22/h1-9,20,25H,10-16H2,(H,24,26). The number of hydrogen-bond acceptors (Lipinski definition) is 3. The maximum Gasteiger partial charge on any atom is 0.227 e. The summed E-state index contributed by atoms with van der Waals surface area (Å²) in [4.78, 5) is 13.1. The maximum atomic E-state index is 13.1. The third kappa shape index (κ3) is 5.32. The Morgan fingerprint density at radius 3 is 2.41 bits per heavy atom. The summed E-state index contributed by atoms with van der Waals surface area (Å²) < 4.78 is 5.40. The molecule has 1 amide bonds. The number of ether oxygens (including phenoxy) is 1. The summed E-state index contributed by atoms with van der Waals surface area (Å²) in [7, 11) is 0. The van der Waals surface area contributed by atoms with Crippen molar-refractivity contribution in [2.75, 3.05) is 26.4 Å². The Hall–Kier alpha value is -1.88. The largest absolute Gasteiger partial charge is 0.396 e. The van der Waals surface area contributed by atoms with E-state index >= 15 is 0 Å². The van der Waals surface area contributed by atoms with Gasteiger partial charge in [0.2, 0.25) is 5.91 Å². The van der Waals surface area contributed by atoms with Gasteiger partial charge in [0, 0.05) is 30.2 Å². The van der Waals surface area contributed by atoms with Gasteiger partial charge >= 0.3 is 0 Å². The highest BCUT2D eigenvalue weighted by atomic mass is 35.5. The van der Waals surface area contributed by atoms with Gasteiger partial charge in [0.05, 0.1) is 12.5 Å². The summed E-state index contributed by atoms with van der Waals surface area (Å²) >= 11 is 6.02. The molecule has 0 bridgehead atoms. The molecule has 144 valence electrons. The topological polar surface area (TPSA) is 58.6 Å². The molecule has 1 unspecified atom stereocenters. The molecule has 3 rings (SSSR count). The number of aliphatic hydroxyl groups is 1. The molecule has 2 N–H and O–H groups in total. The van der Waals surface area contributed by atoms with Crippen LogP contribution in [0.4, 0.5) is 0 Å². The lowest BCUT2D eigenvalue weighted by Crippen LogP contribution is -2.45. The van der Waals surface area contributed by atoms with Gasteiger partial charge in [-0.2, -0.15) is 0 Å². The molecule has 27 heavy (non-hydrogen) atoms. The molecule has 1 atom stereocenters. The van der Waals surface area contributed by atoms with Crippen LogP contribution in [0.25, 0.3) is 0 Å². The molecular formula is C22H26ClNO3. The van der Waals surface area contributed by atoms with E-state index in [-0.39, 0.29) is 23.8 Å². The van der Waals surface area contributed by atoms with Gasteiger partial charge in [-0.3, -0.25) is 4.79 Å². The number of benzene rings is 2. The summed E-state index contributed by atoms with van der Waals surface area (Å²) in [6, 6.07) is 17.4. The molecule has 0 radical (unpaired) electrons. The second kappa shape index (κ2) is 9.36. The van der Waals surface area contributed by atoms with Gasteiger partial charge in [0.1, 0.15) is 0 Å². The van der Waals surface area contributed by atoms with Gasteiger partial charge in [-0.1, -0.05) is 54.1 Å². The molecule has 0 aliphatic carbocycles. The van der Waals surface area contributed by atoms with Gasteiger partial charge in [0.15, 0.2) is 0 Å². The second-order valence-corrected chi connectivity index (χ2v) is 7.72. The second-order valence-electron chi connectivity index (χ2n) is 7.28. The predicted molar refractivity (Wildman–Crippen MR) is 107 cm³/mol. The van der Waals surface area contributed by atoms with E-state index in [4.69, 9.17) is 16.3 Å². The van der Waals surface area contributed by atoms with Crippen LogP contribution in [0.1, 0.15) is 29.9 Å². The van der Waals surface area contributed by atoms with Gasteiger partial charge in [-0.15, -0.1) is 0 Å². The first-order chi connectivity index (χ1) is 13.1. The minimum Gasteiger partial charge on any atom is -0.396 e. The third-order valence-electron chi connectivity index (χ3n) is 5.40. The first-order valence-corrected chi connectivity index (χ1v) is 9.75. The van der Waals surface area contributed by atoms with Crippen molar-refractivity contribution in [2.45, 2.75) is 25.2 Å². The van der Waals surface area contributed by atoms with Gasteiger partial charge in [0.25, 0.3) is 0 Å². The van der Waals surface area contributed by atoms with Crippen molar-refractivity contribution < 1.29 is 14.6 Å². The average Bonchev–Trinajstić information content (AvgIpc) is 2.72. The fraction of sp³-hybridized carbons (Fsp3) is 0.409. The molecule has 0 spiro atoms. The Balaban J connectivity index is 1.74. The lowest BCUT2D eigenvalue weighted by molar-refractivity contribution is -0.123. The summed E-state index contributed by atoms with van der Waals surface area (Å²) in [5, 5.41) is 13.6. The number of carbonyl (C=O) groups excluding carboxylic acids is 1. The monoisotopic (exact) mass is 387 g/mol. The molecule has 2 aromatic carbocycles. The van der Waals surface area contributed by atoms with E-state index in [0.717, 1.165) is 24.0 Å². The van der Waals surface area contributed by atoms with Crippen LogP contribution in [0.5, 0.6) is 0 Å². The Kier molecular flexibility index (Phi) is 6.89. The van der Waals surface area contributed by atoms with E-state index in [1.807, 2.05) is 54.6 Å². The van der Waals surface area contributed by atoms with Crippen LogP contribution in [0.3, 0.4) is 0 Å². The Labute approximate surface area is 165 Å². The van der Waals surface area contributed by atoms with Crippen molar-refractivity contribution in [3.63, 3.8) is 0 Å². The first kappa shape index (κ1) is 19.9. The van der Waals surface area contributed by atoms with Gasteiger partial charge in [-0.05, 0) is 42.5 Å². The molecule has 4 nitrogen and oxygen atoms in total. The van der Waals surface area contributed by atoms with E-state index < -0.39 is 0 Å². The van der Waals surface area contributed by atoms with Crippen molar-refractivity contribution in [1.82, 2.24) is 5.32 Å². The molecule has 2 aromatic rings. The van der Waals surface area contributed by atoms with Crippen LogP contribution in [0, 0.1) is 5.41 Å². The predicted octanol–water partition coefficient (Wildman–Crippen LogP) is 3.57. The highest BCUT2D eigenvalue weighted by molar-refractivity contribution is 6.30. The number of halogens is 1. The van der Waals surface area contributed by atoms with Crippen molar-refractivity contribution in [3.05, 3.63) is 70.7 Å². The number of carbonyl (C=O) groups is 1. The smallest absolute Gasteiger partial charge is 0.227 e. The summed E-state index contributed by atoms with van der Waals surface area (Å²) in [5.74, 6) is -0.333. The zero-order chi connectivity index (χ0) is 19.1. The summed E-state index contributed by atoms with van der Waals surface area (Å²) in [6.07, 6.45) is 2.13. The molecule has 0 saturated carbocycles. The van der Waals surface area contributed by atoms with E-state index in [1.54, 1.807) is 0 Å². The Morgan fingerprint density at radius 1 is 1.11 bits per heavy atom. The molecule has 1 saturated heterocycles. The molecule has 0 aromatic heterocycles. The Morgan fingerprint density at radius 2 is 1.78 bits per heavy atom. The van der Waals surface area contributed by atoms with Crippen LogP contribution in [-0.4, -0.2) is 37.4 Å². The van der Waals surface area contributed by atoms with Crippen molar-refractivity contribution in [1.29, 1.82) is 0 Å². The SMILES string of the molecule is O=C(NCC1(CO)CCOCC1)C(Cc1ccccc1)c1ccc(Cl)cc1. The van der Waals surface area contributed by atoms with E-state index in [9.17, 15) is 9.90 Å². The molecular weight excluding hydrogens is 362 g/mol. The van der Waals surface area contributed by atoms with Crippen LogP contribution in [0.2, 0.25) is 5.02 Å². The quantitative estimate of drug-likeness (QED) is 0.763. The summed E-state index contributed by atoms with van der Waals surface area (Å²) in [5.41, 5.74) is 1.76. The molecule has 5 heteroatoms. The zero-order valence-electron chi connectivity index (χ0n) is 15.4. The minimum absolute atomic E-state index is 0.0273. The third-order valence-corrected chi connectivity index (χ3v) is 5.65. The lowest BCUT2D eigenvalue weighted by atomic mass is 9.80. The number of rotatable bonds is 7. The number of amides is 1. The number of hydrogen-bond donors (Lipinski definition) is 2. The fourth-order valence-electron chi connectivity index (χ4n) is 3.50. The normalized spacial score (nSPS) is 17.3. The molecule has 1 aliphatic rings. The summed E-state index contributed by atoms with van der Waals surface area (Å²) in [6.45, 7) is 1.77. The van der Waals surface area contributed by atoms with Crippen molar-refractivity contribution in [3.8, 4) is 0 Å². The first-order valence-electron chi connectivity index (χ1n) is 9.38. The fourth-order valence-corrected chi connectivity index (χ4v) is 3.63. The Bertz CT molecular complexity index is 727. The molecule has 1 heterocycles. The van der Waals surface area contributed by atoms with E-state index in [1.165, 1.54) is 0 Å². The molecule has 1 aliphatic heterocycles. The zero-order valence-corrected chi connectivity index (χ0v) is 16.1. The highest BCUT2D eigenvalue weighted by Crippen LogP contribution is 2.30. The van der Waals surface area contributed by atoms with E-state index in [0.29, 0.717) is 31.2 Å². The van der Waals surface area contributed by atoms with Crippen LogP contribution < -0.4 is 5.32 Å². The van der Waals surface area contributed by atoms with Crippen LogP contribution in [-0.2, 0) is 16.0 Å². The van der Waals surface area contributed by atoms with Crippen molar-refractivity contribution >= 4 is 17.5 Å². The molecule has 1 fully saturated rings.